The van der Waals surface area contributed by atoms with Gasteiger partial charge in [-0.25, -0.2) is 4.90 Å². The van der Waals surface area contributed by atoms with Crippen molar-refractivity contribution in [1.29, 1.82) is 0 Å². The van der Waals surface area contributed by atoms with Crippen LogP contribution < -0.4 is 24.4 Å². The Morgan fingerprint density at radius 2 is 1.39 bits per heavy atom. The van der Waals surface area contributed by atoms with Crippen LogP contribution in [0.2, 0.25) is 5.02 Å². The first-order valence-corrected chi connectivity index (χ1v) is 10.4. The van der Waals surface area contributed by atoms with Gasteiger partial charge in [-0.05, 0) is 54.1 Å². The van der Waals surface area contributed by atoms with Gasteiger partial charge < -0.3 is 19.5 Å². The number of imide groups is 1. The van der Waals surface area contributed by atoms with Gasteiger partial charge in [0.15, 0.2) is 0 Å². The third-order valence-electron chi connectivity index (χ3n) is 5.21. The molecule has 0 unspecified atom stereocenters. The molecule has 1 aliphatic heterocycles. The fourth-order valence-corrected chi connectivity index (χ4v) is 3.67. The Kier molecular flexibility index (Phi) is 6.24. The van der Waals surface area contributed by atoms with E-state index in [-0.39, 0.29) is 11.3 Å². The van der Waals surface area contributed by atoms with E-state index in [1.54, 1.807) is 80.9 Å². The number of carbonyl (C=O) groups excluding carboxylic acids is 2. The molecule has 1 aliphatic rings. The van der Waals surface area contributed by atoms with Crippen molar-refractivity contribution in [2.45, 2.75) is 0 Å². The number of hydrogen-bond acceptors (Lipinski definition) is 6. The van der Waals surface area contributed by atoms with Gasteiger partial charge in [0.1, 0.15) is 22.9 Å². The Hall–Kier alpha value is -3.97. The topological polar surface area (TPSA) is 77.1 Å². The number of halogens is 1. The van der Waals surface area contributed by atoms with Crippen LogP contribution in [0.15, 0.2) is 72.4 Å². The Morgan fingerprint density at radius 3 is 2.00 bits per heavy atom. The van der Waals surface area contributed by atoms with Crippen molar-refractivity contribution in [3.8, 4) is 17.2 Å². The summed E-state index contributed by atoms with van der Waals surface area (Å²) in [5, 5.41) is 3.63. The van der Waals surface area contributed by atoms with Crippen LogP contribution in [0.3, 0.4) is 0 Å². The molecule has 8 heteroatoms. The number of methoxy groups -OCH3 is 3. The highest BCUT2D eigenvalue weighted by molar-refractivity contribution is 6.46. The van der Waals surface area contributed by atoms with E-state index in [2.05, 4.69) is 5.32 Å². The summed E-state index contributed by atoms with van der Waals surface area (Å²) in [6.07, 6.45) is 0. The van der Waals surface area contributed by atoms with Crippen molar-refractivity contribution in [2.24, 2.45) is 0 Å². The molecule has 0 saturated heterocycles. The molecule has 168 valence electrons. The molecule has 0 atom stereocenters. The molecule has 0 aliphatic carbocycles. The zero-order valence-electron chi connectivity index (χ0n) is 18.2. The van der Waals surface area contributed by atoms with Crippen molar-refractivity contribution in [1.82, 2.24) is 0 Å². The normalized spacial score (nSPS) is 13.4. The smallest absolute Gasteiger partial charge is 0.282 e. The predicted molar refractivity (Wildman–Crippen MR) is 127 cm³/mol. The third-order valence-corrected chi connectivity index (χ3v) is 5.47. The first kappa shape index (κ1) is 22.2. The number of nitrogens with one attached hydrogen (secondary N) is 1. The molecule has 0 bridgehead atoms. The minimum absolute atomic E-state index is 0.115. The maximum absolute atomic E-state index is 13.5. The van der Waals surface area contributed by atoms with E-state index in [1.807, 2.05) is 0 Å². The van der Waals surface area contributed by atoms with Crippen LogP contribution in [-0.2, 0) is 9.59 Å². The molecule has 1 N–H and O–H groups in total. The second-order valence-corrected chi connectivity index (χ2v) is 7.53. The lowest BCUT2D eigenvalue weighted by molar-refractivity contribution is -0.120. The van der Waals surface area contributed by atoms with Crippen LogP contribution in [0.5, 0.6) is 17.2 Å². The van der Waals surface area contributed by atoms with Gasteiger partial charge in [-0.3, -0.25) is 9.59 Å². The fraction of sp³-hybridized carbons (Fsp3) is 0.120. The van der Waals surface area contributed by atoms with E-state index in [0.717, 1.165) is 4.90 Å². The van der Waals surface area contributed by atoms with Crippen LogP contribution in [0, 0.1) is 0 Å². The number of rotatable bonds is 7. The van der Waals surface area contributed by atoms with Gasteiger partial charge in [0.05, 0.1) is 38.3 Å². The highest BCUT2D eigenvalue weighted by Crippen LogP contribution is 2.37. The summed E-state index contributed by atoms with van der Waals surface area (Å²) in [7, 11) is 4.61. The first-order chi connectivity index (χ1) is 16.0. The number of ether oxygens (including phenoxy) is 3. The summed E-state index contributed by atoms with van der Waals surface area (Å²) in [5.41, 5.74) is 1.79. The molecule has 0 radical (unpaired) electrons. The van der Waals surface area contributed by atoms with E-state index < -0.39 is 11.8 Å². The molecular weight excluding hydrogens is 444 g/mol. The van der Waals surface area contributed by atoms with Gasteiger partial charge in [0.2, 0.25) is 0 Å². The first-order valence-electron chi connectivity index (χ1n) is 9.99. The van der Waals surface area contributed by atoms with Gasteiger partial charge in [-0.2, -0.15) is 0 Å². The number of anilines is 2. The van der Waals surface area contributed by atoms with Crippen molar-refractivity contribution < 1.29 is 23.8 Å². The standard InChI is InChI=1S/C25H21ClN2O5/c1-31-18-10-8-17(9-11-18)28-24(29)22(15-4-6-16(26)7-5-15)23(25(28)30)27-20-14-19(32-2)12-13-21(20)33-3/h4-14,27H,1-3H3. The molecule has 33 heavy (non-hydrogen) atoms. The average Bonchev–Trinajstić information content (AvgIpc) is 3.08. The largest absolute Gasteiger partial charge is 0.497 e. The van der Waals surface area contributed by atoms with Crippen LogP contribution in [-0.4, -0.2) is 33.1 Å². The lowest BCUT2D eigenvalue weighted by Crippen LogP contribution is -2.32. The molecule has 0 spiro atoms. The molecule has 2 amide bonds. The molecule has 3 aromatic rings. The number of benzene rings is 3. The molecule has 1 heterocycles. The van der Waals surface area contributed by atoms with Crippen molar-refractivity contribution in [2.75, 3.05) is 31.5 Å². The Bertz CT molecular complexity index is 1240. The third kappa shape index (κ3) is 4.23. The SMILES string of the molecule is COc1ccc(N2C(=O)C(Nc3cc(OC)ccc3OC)=C(c3ccc(Cl)cc3)C2=O)cc1. The number of nitrogens with zero attached hydrogens (tertiary/aromatic N) is 1. The Morgan fingerprint density at radius 1 is 0.758 bits per heavy atom. The maximum atomic E-state index is 13.5. The summed E-state index contributed by atoms with van der Waals surface area (Å²) in [6, 6.07) is 18.6. The summed E-state index contributed by atoms with van der Waals surface area (Å²) in [6.45, 7) is 0. The van der Waals surface area contributed by atoms with E-state index in [4.69, 9.17) is 25.8 Å². The molecule has 0 fully saturated rings. The minimum atomic E-state index is -0.500. The summed E-state index contributed by atoms with van der Waals surface area (Å²) >= 11 is 6.04. The van der Waals surface area contributed by atoms with Gasteiger partial charge in [-0.1, -0.05) is 23.7 Å². The lowest BCUT2D eigenvalue weighted by Gasteiger charge is -2.16. The van der Waals surface area contributed by atoms with Gasteiger partial charge in [0, 0.05) is 11.1 Å². The number of hydrogen-bond donors (Lipinski definition) is 1. The van der Waals surface area contributed by atoms with Crippen LogP contribution >= 0.6 is 11.6 Å². The van der Waals surface area contributed by atoms with E-state index in [1.165, 1.54) is 7.11 Å². The second-order valence-electron chi connectivity index (χ2n) is 7.09. The lowest BCUT2D eigenvalue weighted by atomic mass is 10.0. The molecule has 3 aromatic carbocycles. The summed E-state index contributed by atoms with van der Waals surface area (Å²) < 4.78 is 15.9. The Balaban J connectivity index is 1.83. The molecule has 7 nitrogen and oxygen atoms in total. The number of carbonyl (C=O) groups is 2. The quantitative estimate of drug-likeness (QED) is 0.508. The van der Waals surface area contributed by atoms with Crippen LogP contribution in [0.1, 0.15) is 5.56 Å². The minimum Gasteiger partial charge on any atom is -0.497 e. The van der Waals surface area contributed by atoms with Crippen molar-refractivity contribution in [3.63, 3.8) is 0 Å². The second kappa shape index (κ2) is 9.26. The van der Waals surface area contributed by atoms with Crippen molar-refractivity contribution >= 4 is 40.4 Å². The molecule has 4 rings (SSSR count). The molecule has 0 aromatic heterocycles. The average molecular weight is 465 g/mol. The number of amides is 2. The monoisotopic (exact) mass is 464 g/mol. The van der Waals surface area contributed by atoms with Crippen molar-refractivity contribution in [3.05, 3.63) is 83.0 Å². The highest BCUT2D eigenvalue weighted by Gasteiger charge is 2.40. The van der Waals surface area contributed by atoms with E-state index in [0.29, 0.717) is 39.2 Å². The fourth-order valence-electron chi connectivity index (χ4n) is 3.54. The molecule has 0 saturated carbocycles. The van der Waals surface area contributed by atoms with Gasteiger partial charge in [-0.15, -0.1) is 0 Å². The van der Waals surface area contributed by atoms with Gasteiger partial charge in [0.25, 0.3) is 11.8 Å². The zero-order chi connectivity index (χ0) is 23.5. The molecular formula is C25H21ClN2O5. The summed E-state index contributed by atoms with van der Waals surface area (Å²) in [4.78, 5) is 28.2. The van der Waals surface area contributed by atoms with Crippen LogP contribution in [0.25, 0.3) is 5.57 Å². The van der Waals surface area contributed by atoms with Crippen LogP contribution in [0.4, 0.5) is 11.4 Å². The maximum Gasteiger partial charge on any atom is 0.282 e. The van der Waals surface area contributed by atoms with E-state index in [9.17, 15) is 9.59 Å². The predicted octanol–water partition coefficient (Wildman–Crippen LogP) is 4.76. The van der Waals surface area contributed by atoms with Gasteiger partial charge >= 0.3 is 0 Å². The zero-order valence-corrected chi connectivity index (χ0v) is 19.0. The summed E-state index contributed by atoms with van der Waals surface area (Å²) in [5.74, 6) is 0.706. The Labute approximate surface area is 196 Å². The highest BCUT2D eigenvalue weighted by atomic mass is 35.5. The van der Waals surface area contributed by atoms with E-state index >= 15 is 0 Å².